The predicted octanol–water partition coefficient (Wildman–Crippen LogP) is 5.12. The Balaban J connectivity index is 1.53. The summed E-state index contributed by atoms with van der Waals surface area (Å²) in [6, 6.07) is 24.4. The van der Waals surface area contributed by atoms with Crippen LogP contribution in [0, 0.1) is 0 Å². The third kappa shape index (κ3) is 5.44. The largest absolute Gasteiger partial charge is 0.452 e. The minimum atomic E-state index is -0.897. The number of benzene rings is 3. The van der Waals surface area contributed by atoms with E-state index in [9.17, 15) is 9.59 Å². The molecule has 5 heteroatoms. The molecular formula is C23H20ClNO3. The molecule has 0 aliphatic heterocycles. The number of amides is 1. The number of carbonyl (C=O) groups excluding carboxylic acids is 2. The number of ether oxygens (including phenoxy) is 1. The highest BCUT2D eigenvalue weighted by Gasteiger charge is 2.18. The molecule has 0 saturated carbocycles. The van der Waals surface area contributed by atoms with E-state index in [1.165, 1.54) is 0 Å². The van der Waals surface area contributed by atoms with Crippen LogP contribution in [0.5, 0.6) is 0 Å². The van der Waals surface area contributed by atoms with Gasteiger partial charge >= 0.3 is 5.97 Å². The fourth-order valence-electron chi connectivity index (χ4n) is 2.68. The Morgan fingerprint density at radius 3 is 2.14 bits per heavy atom. The van der Waals surface area contributed by atoms with Crippen molar-refractivity contribution >= 4 is 29.2 Å². The van der Waals surface area contributed by atoms with Crippen LogP contribution in [0.25, 0.3) is 11.1 Å². The van der Waals surface area contributed by atoms with Crippen LogP contribution in [-0.4, -0.2) is 18.0 Å². The van der Waals surface area contributed by atoms with Crippen LogP contribution in [0.4, 0.5) is 5.69 Å². The van der Waals surface area contributed by atoms with Gasteiger partial charge in [0.1, 0.15) is 0 Å². The molecule has 0 unspecified atom stereocenters. The SMILES string of the molecule is C[C@H](OC(=O)Cc1ccc(-c2ccccc2)cc1)C(=O)Nc1ccc(Cl)cc1. The zero-order chi connectivity index (χ0) is 19.9. The van der Waals surface area contributed by atoms with E-state index < -0.39 is 18.0 Å². The molecule has 3 aromatic carbocycles. The lowest BCUT2D eigenvalue weighted by molar-refractivity contribution is -0.152. The topological polar surface area (TPSA) is 55.4 Å². The van der Waals surface area contributed by atoms with Crippen LogP contribution in [0.2, 0.25) is 5.02 Å². The van der Waals surface area contributed by atoms with E-state index >= 15 is 0 Å². The van der Waals surface area contributed by atoms with Gasteiger partial charge < -0.3 is 10.1 Å². The zero-order valence-corrected chi connectivity index (χ0v) is 16.1. The average molecular weight is 394 g/mol. The first kappa shape index (κ1) is 19.6. The van der Waals surface area contributed by atoms with Gasteiger partial charge in [-0.25, -0.2) is 0 Å². The molecule has 3 aromatic rings. The highest BCUT2D eigenvalue weighted by molar-refractivity contribution is 6.30. The fraction of sp³-hybridized carbons (Fsp3) is 0.130. The van der Waals surface area contributed by atoms with Crippen molar-refractivity contribution in [1.29, 1.82) is 0 Å². The van der Waals surface area contributed by atoms with Gasteiger partial charge in [-0.3, -0.25) is 9.59 Å². The van der Waals surface area contributed by atoms with Gasteiger partial charge in [-0.1, -0.05) is 66.2 Å². The minimum absolute atomic E-state index is 0.105. The maximum Gasteiger partial charge on any atom is 0.311 e. The molecule has 1 N–H and O–H groups in total. The van der Waals surface area contributed by atoms with Gasteiger partial charge in [-0.2, -0.15) is 0 Å². The number of esters is 1. The quantitative estimate of drug-likeness (QED) is 0.591. The summed E-state index contributed by atoms with van der Waals surface area (Å²) in [5.41, 5.74) is 3.61. The first-order valence-electron chi connectivity index (χ1n) is 8.91. The van der Waals surface area contributed by atoms with Crippen molar-refractivity contribution < 1.29 is 14.3 Å². The summed E-state index contributed by atoms with van der Waals surface area (Å²) in [6.45, 7) is 1.54. The maximum atomic E-state index is 12.2. The lowest BCUT2D eigenvalue weighted by atomic mass is 10.0. The highest BCUT2D eigenvalue weighted by Crippen LogP contribution is 2.19. The Labute approximate surface area is 169 Å². The van der Waals surface area contributed by atoms with E-state index in [4.69, 9.17) is 16.3 Å². The number of nitrogens with one attached hydrogen (secondary N) is 1. The second-order valence-corrected chi connectivity index (χ2v) is 6.80. The van der Waals surface area contributed by atoms with Crippen molar-refractivity contribution in [3.63, 3.8) is 0 Å². The molecule has 28 heavy (non-hydrogen) atoms. The van der Waals surface area contributed by atoms with Crippen LogP contribution < -0.4 is 5.32 Å². The number of carbonyl (C=O) groups is 2. The van der Waals surface area contributed by atoms with Crippen molar-refractivity contribution in [2.24, 2.45) is 0 Å². The van der Waals surface area contributed by atoms with Gasteiger partial charge in [-0.15, -0.1) is 0 Å². The van der Waals surface area contributed by atoms with Gasteiger partial charge in [0.2, 0.25) is 0 Å². The molecule has 4 nitrogen and oxygen atoms in total. The molecule has 0 aliphatic rings. The van der Waals surface area contributed by atoms with Crippen molar-refractivity contribution in [3.05, 3.63) is 89.4 Å². The van der Waals surface area contributed by atoms with Gasteiger partial charge in [-0.05, 0) is 47.9 Å². The minimum Gasteiger partial charge on any atom is -0.452 e. The number of anilines is 1. The first-order valence-corrected chi connectivity index (χ1v) is 9.29. The summed E-state index contributed by atoms with van der Waals surface area (Å²) < 4.78 is 5.25. The second-order valence-electron chi connectivity index (χ2n) is 6.37. The van der Waals surface area contributed by atoms with Crippen molar-refractivity contribution in [1.82, 2.24) is 0 Å². The van der Waals surface area contributed by atoms with Crippen molar-refractivity contribution in [3.8, 4) is 11.1 Å². The Morgan fingerprint density at radius 1 is 0.893 bits per heavy atom. The molecular weight excluding hydrogens is 374 g/mol. The number of rotatable bonds is 6. The smallest absolute Gasteiger partial charge is 0.311 e. The number of hydrogen-bond donors (Lipinski definition) is 1. The Kier molecular flexibility index (Phi) is 6.45. The zero-order valence-electron chi connectivity index (χ0n) is 15.4. The van der Waals surface area contributed by atoms with Crippen LogP contribution in [0.3, 0.4) is 0 Å². The molecule has 0 saturated heterocycles. The lowest BCUT2D eigenvalue weighted by Crippen LogP contribution is -2.30. The molecule has 3 rings (SSSR count). The molecule has 0 heterocycles. The van der Waals surface area contributed by atoms with E-state index in [2.05, 4.69) is 5.32 Å². The van der Waals surface area contributed by atoms with Crippen molar-refractivity contribution in [2.75, 3.05) is 5.32 Å². The normalized spacial score (nSPS) is 11.5. The summed E-state index contributed by atoms with van der Waals surface area (Å²) in [7, 11) is 0. The number of hydrogen-bond acceptors (Lipinski definition) is 3. The summed E-state index contributed by atoms with van der Waals surface area (Å²) in [4.78, 5) is 24.3. The Morgan fingerprint density at radius 2 is 1.50 bits per heavy atom. The Hall–Kier alpha value is -3.11. The van der Waals surface area contributed by atoms with Gasteiger partial charge in [0, 0.05) is 10.7 Å². The van der Waals surface area contributed by atoms with Crippen molar-refractivity contribution in [2.45, 2.75) is 19.4 Å². The molecule has 142 valence electrons. The molecule has 0 radical (unpaired) electrons. The summed E-state index contributed by atoms with van der Waals surface area (Å²) >= 11 is 5.82. The molecule has 0 fully saturated rings. The number of halogens is 1. The van der Waals surface area contributed by atoms with E-state index in [0.29, 0.717) is 10.7 Å². The standard InChI is InChI=1S/C23H20ClNO3/c1-16(23(27)25-21-13-11-20(24)12-14-21)28-22(26)15-17-7-9-19(10-8-17)18-5-3-2-4-6-18/h2-14,16H,15H2,1H3,(H,25,27)/t16-/m0/s1. The van der Waals surface area contributed by atoms with E-state index in [1.54, 1.807) is 31.2 Å². The fourth-order valence-corrected chi connectivity index (χ4v) is 2.81. The molecule has 0 spiro atoms. The van der Waals surface area contributed by atoms with Gasteiger partial charge in [0.05, 0.1) is 6.42 Å². The van der Waals surface area contributed by atoms with Crippen LogP contribution >= 0.6 is 11.6 Å². The summed E-state index contributed by atoms with van der Waals surface area (Å²) in [6.07, 6.45) is -0.792. The molecule has 0 bridgehead atoms. The highest BCUT2D eigenvalue weighted by atomic mass is 35.5. The van der Waals surface area contributed by atoms with Gasteiger partial charge in [0.25, 0.3) is 5.91 Å². The van der Waals surface area contributed by atoms with E-state index in [0.717, 1.165) is 16.7 Å². The van der Waals surface area contributed by atoms with Gasteiger partial charge in [0.15, 0.2) is 6.10 Å². The van der Waals surface area contributed by atoms with Crippen LogP contribution in [0.1, 0.15) is 12.5 Å². The maximum absolute atomic E-state index is 12.2. The van der Waals surface area contributed by atoms with E-state index in [-0.39, 0.29) is 6.42 Å². The average Bonchev–Trinajstić information content (AvgIpc) is 2.71. The van der Waals surface area contributed by atoms with Crippen LogP contribution in [0.15, 0.2) is 78.9 Å². The summed E-state index contributed by atoms with van der Waals surface area (Å²) in [5.74, 6) is -0.846. The van der Waals surface area contributed by atoms with Crippen LogP contribution in [-0.2, 0) is 20.7 Å². The molecule has 0 aromatic heterocycles. The molecule has 1 atom stereocenters. The molecule has 1 amide bonds. The second kappa shape index (κ2) is 9.20. The third-order valence-electron chi connectivity index (χ3n) is 4.20. The predicted molar refractivity (Wildman–Crippen MR) is 111 cm³/mol. The van der Waals surface area contributed by atoms with E-state index in [1.807, 2.05) is 54.6 Å². The molecule has 0 aliphatic carbocycles. The monoisotopic (exact) mass is 393 g/mol. The Bertz CT molecular complexity index is 938. The third-order valence-corrected chi connectivity index (χ3v) is 4.45. The lowest BCUT2D eigenvalue weighted by Gasteiger charge is -2.14. The first-order chi connectivity index (χ1) is 13.5. The summed E-state index contributed by atoms with van der Waals surface area (Å²) in [5, 5.41) is 3.27.